The predicted octanol–water partition coefficient (Wildman–Crippen LogP) is 2.35. The Morgan fingerprint density at radius 3 is 2.27 bits per heavy atom. The molecule has 0 aromatic heterocycles. The van der Waals surface area contributed by atoms with Crippen LogP contribution in [-0.2, 0) is 0 Å². The highest BCUT2D eigenvalue weighted by molar-refractivity contribution is 6.21. The van der Waals surface area contributed by atoms with Gasteiger partial charge in [0.15, 0.2) is 0 Å². The first-order valence-electron chi connectivity index (χ1n) is 3.59. The van der Waals surface area contributed by atoms with E-state index in [1.165, 1.54) is 0 Å². The first kappa shape index (κ1) is 8.57. The third kappa shape index (κ3) is 2.21. The highest BCUT2D eigenvalue weighted by Gasteiger charge is 2.12. The van der Waals surface area contributed by atoms with E-state index in [0.717, 1.165) is 5.56 Å². The van der Waals surface area contributed by atoms with Crippen LogP contribution in [0.15, 0.2) is 30.3 Å². The second-order valence-corrected chi connectivity index (χ2v) is 3.02. The summed E-state index contributed by atoms with van der Waals surface area (Å²) in [5, 5.41) is 8.85. The van der Waals surface area contributed by atoms with Crippen molar-refractivity contribution in [3.63, 3.8) is 0 Å². The molecule has 0 fully saturated rings. The summed E-state index contributed by atoms with van der Waals surface area (Å²) in [5.41, 5.74) is 0.962. The molecule has 0 aliphatic rings. The lowest BCUT2D eigenvalue weighted by molar-refractivity contribution is 0.190. The Balaban J connectivity index is 2.77. The van der Waals surface area contributed by atoms with Gasteiger partial charge >= 0.3 is 0 Å². The van der Waals surface area contributed by atoms with E-state index in [-0.39, 0.29) is 5.38 Å². The number of aliphatic hydroxyl groups is 1. The van der Waals surface area contributed by atoms with Crippen molar-refractivity contribution in [1.82, 2.24) is 0 Å². The maximum atomic E-state index is 9.14. The zero-order chi connectivity index (χ0) is 8.27. The molecule has 11 heavy (non-hydrogen) atoms. The molecular weight excluding hydrogens is 160 g/mol. The smallest absolute Gasteiger partial charge is 0.0841 e. The van der Waals surface area contributed by atoms with Crippen LogP contribution in [0, 0.1) is 0 Å². The Labute approximate surface area is 71.6 Å². The van der Waals surface area contributed by atoms with E-state index in [2.05, 4.69) is 0 Å². The fourth-order valence-electron chi connectivity index (χ4n) is 0.915. The lowest BCUT2D eigenvalue weighted by Crippen LogP contribution is -2.08. The second kappa shape index (κ2) is 3.74. The molecule has 0 bridgehead atoms. The van der Waals surface area contributed by atoms with Gasteiger partial charge in [0, 0.05) is 0 Å². The van der Waals surface area contributed by atoms with E-state index in [9.17, 15) is 0 Å². The van der Waals surface area contributed by atoms with Crippen molar-refractivity contribution < 1.29 is 5.11 Å². The minimum Gasteiger partial charge on any atom is -0.392 e. The van der Waals surface area contributed by atoms with Crippen molar-refractivity contribution in [3.8, 4) is 0 Å². The molecule has 0 saturated carbocycles. The van der Waals surface area contributed by atoms with Crippen LogP contribution in [-0.4, -0.2) is 11.2 Å². The molecule has 2 atom stereocenters. The van der Waals surface area contributed by atoms with Gasteiger partial charge in [-0.1, -0.05) is 30.3 Å². The molecular formula is C9H11ClO. The zero-order valence-electron chi connectivity index (χ0n) is 6.37. The molecule has 60 valence electrons. The summed E-state index contributed by atoms with van der Waals surface area (Å²) in [6, 6.07) is 9.56. The monoisotopic (exact) mass is 170 g/mol. The number of hydrogen-bond acceptors (Lipinski definition) is 1. The molecule has 0 aliphatic heterocycles. The van der Waals surface area contributed by atoms with Gasteiger partial charge in [0.05, 0.1) is 11.5 Å². The van der Waals surface area contributed by atoms with Crippen LogP contribution in [0.4, 0.5) is 0 Å². The van der Waals surface area contributed by atoms with E-state index in [1.807, 2.05) is 30.3 Å². The summed E-state index contributed by atoms with van der Waals surface area (Å²) in [6.45, 7) is 1.69. The molecule has 1 N–H and O–H groups in total. The largest absolute Gasteiger partial charge is 0.392 e. The summed E-state index contributed by atoms with van der Waals surface area (Å²) < 4.78 is 0. The first-order valence-corrected chi connectivity index (χ1v) is 4.02. The Morgan fingerprint density at radius 2 is 1.82 bits per heavy atom. The van der Waals surface area contributed by atoms with Gasteiger partial charge in [-0.2, -0.15) is 0 Å². The van der Waals surface area contributed by atoms with Crippen molar-refractivity contribution in [2.24, 2.45) is 0 Å². The topological polar surface area (TPSA) is 20.2 Å². The van der Waals surface area contributed by atoms with E-state index < -0.39 is 6.10 Å². The van der Waals surface area contributed by atoms with E-state index in [4.69, 9.17) is 16.7 Å². The van der Waals surface area contributed by atoms with E-state index >= 15 is 0 Å². The molecule has 0 saturated heterocycles. The summed E-state index contributed by atoms with van der Waals surface area (Å²) >= 11 is 5.89. The van der Waals surface area contributed by atoms with Crippen LogP contribution in [0.1, 0.15) is 17.9 Å². The number of alkyl halides is 1. The maximum absolute atomic E-state index is 9.14. The number of halogens is 1. The van der Waals surface area contributed by atoms with Crippen molar-refractivity contribution in [2.45, 2.75) is 18.4 Å². The van der Waals surface area contributed by atoms with Gasteiger partial charge in [-0.15, -0.1) is 11.6 Å². The van der Waals surface area contributed by atoms with Gasteiger partial charge in [0.2, 0.25) is 0 Å². The van der Waals surface area contributed by atoms with Crippen molar-refractivity contribution in [1.29, 1.82) is 0 Å². The Morgan fingerprint density at radius 1 is 1.27 bits per heavy atom. The third-order valence-corrected chi connectivity index (χ3v) is 2.16. The van der Waals surface area contributed by atoms with Crippen LogP contribution in [0.25, 0.3) is 0 Å². The Bertz CT molecular complexity index is 208. The fraction of sp³-hybridized carbons (Fsp3) is 0.333. The lowest BCUT2D eigenvalue weighted by Gasteiger charge is -2.11. The normalized spacial score (nSPS) is 15.9. The molecule has 0 radical (unpaired) electrons. The highest BCUT2D eigenvalue weighted by atomic mass is 35.5. The summed E-state index contributed by atoms with van der Waals surface area (Å²) in [6.07, 6.45) is -0.501. The molecule has 0 heterocycles. The van der Waals surface area contributed by atoms with Crippen LogP contribution in [0.2, 0.25) is 0 Å². The SMILES string of the molecule is C[C@H](O)[C@@H](Cl)c1ccccc1. The van der Waals surface area contributed by atoms with Gasteiger partial charge < -0.3 is 5.11 Å². The minimum atomic E-state index is -0.501. The number of benzene rings is 1. The van der Waals surface area contributed by atoms with Gasteiger partial charge in [-0.3, -0.25) is 0 Å². The molecule has 0 spiro atoms. The van der Waals surface area contributed by atoms with Crippen molar-refractivity contribution in [2.75, 3.05) is 0 Å². The predicted molar refractivity (Wildman–Crippen MR) is 46.7 cm³/mol. The van der Waals surface area contributed by atoms with E-state index in [0.29, 0.717) is 0 Å². The van der Waals surface area contributed by atoms with Gasteiger partial charge in [0.1, 0.15) is 0 Å². The number of aliphatic hydroxyl groups excluding tert-OH is 1. The molecule has 1 aromatic rings. The quantitative estimate of drug-likeness (QED) is 0.676. The molecule has 2 heteroatoms. The standard InChI is InChI=1S/C9H11ClO/c1-7(11)9(10)8-5-3-2-4-6-8/h2-7,9,11H,1H3/t7-,9+/m0/s1. The minimum absolute atomic E-state index is 0.295. The lowest BCUT2D eigenvalue weighted by atomic mass is 10.1. The van der Waals surface area contributed by atoms with Crippen molar-refractivity contribution >= 4 is 11.6 Å². The summed E-state index contributed by atoms with van der Waals surface area (Å²) in [7, 11) is 0. The average molecular weight is 171 g/mol. The maximum Gasteiger partial charge on any atom is 0.0841 e. The Kier molecular flexibility index (Phi) is 2.92. The summed E-state index contributed by atoms with van der Waals surface area (Å²) in [5.74, 6) is 0. The zero-order valence-corrected chi connectivity index (χ0v) is 7.12. The third-order valence-electron chi connectivity index (χ3n) is 1.54. The molecule has 1 aromatic carbocycles. The molecule has 1 nitrogen and oxygen atoms in total. The number of rotatable bonds is 2. The molecule has 1 rings (SSSR count). The average Bonchev–Trinajstić information content (AvgIpc) is 2.05. The second-order valence-electron chi connectivity index (χ2n) is 2.55. The Hall–Kier alpha value is -0.530. The molecule has 0 aliphatic carbocycles. The summed E-state index contributed by atoms with van der Waals surface area (Å²) in [4.78, 5) is 0. The highest BCUT2D eigenvalue weighted by Crippen LogP contribution is 2.23. The van der Waals surface area contributed by atoms with Crippen molar-refractivity contribution in [3.05, 3.63) is 35.9 Å². The fourth-order valence-corrected chi connectivity index (χ4v) is 1.06. The molecule has 0 unspecified atom stereocenters. The van der Waals surface area contributed by atoms with Crippen LogP contribution in [0.5, 0.6) is 0 Å². The van der Waals surface area contributed by atoms with E-state index in [1.54, 1.807) is 6.92 Å². The van der Waals surface area contributed by atoms with Gasteiger partial charge in [0.25, 0.3) is 0 Å². The van der Waals surface area contributed by atoms with Crippen LogP contribution < -0.4 is 0 Å². The first-order chi connectivity index (χ1) is 5.22. The van der Waals surface area contributed by atoms with Crippen LogP contribution >= 0.6 is 11.6 Å². The number of hydrogen-bond donors (Lipinski definition) is 1. The van der Waals surface area contributed by atoms with Gasteiger partial charge in [-0.25, -0.2) is 0 Å². The van der Waals surface area contributed by atoms with Crippen LogP contribution in [0.3, 0.4) is 0 Å². The molecule has 0 amide bonds. The van der Waals surface area contributed by atoms with Gasteiger partial charge in [-0.05, 0) is 12.5 Å².